The number of rotatable bonds is 3. The van der Waals surface area contributed by atoms with Gasteiger partial charge in [-0.2, -0.15) is 0 Å². The topological polar surface area (TPSA) is 55.3 Å². The molecule has 0 radical (unpaired) electrons. The molecule has 92 valence electrons. The fraction of sp³-hybridized carbons (Fsp3) is 0.545. The van der Waals surface area contributed by atoms with Crippen LogP contribution in [0.4, 0.5) is 5.82 Å². The molecule has 0 spiro atoms. The molecule has 1 fully saturated rings. The molecule has 0 unspecified atom stereocenters. The van der Waals surface area contributed by atoms with E-state index in [1.165, 1.54) is 0 Å². The first kappa shape index (κ1) is 12.3. The highest BCUT2D eigenvalue weighted by atomic mass is 35.5. The van der Waals surface area contributed by atoms with E-state index in [1.807, 2.05) is 6.92 Å². The van der Waals surface area contributed by atoms with Crippen LogP contribution in [0.15, 0.2) is 0 Å². The number of hydrogen-bond donors (Lipinski definition) is 0. The number of ether oxygens (including phenoxy) is 1. The first-order valence-electron chi connectivity index (χ1n) is 5.60. The van der Waals surface area contributed by atoms with Crippen molar-refractivity contribution in [3.8, 4) is 0 Å². The van der Waals surface area contributed by atoms with Gasteiger partial charge in [0.1, 0.15) is 11.5 Å². The van der Waals surface area contributed by atoms with Gasteiger partial charge in [0.25, 0.3) is 0 Å². The van der Waals surface area contributed by atoms with Gasteiger partial charge in [-0.05, 0) is 18.0 Å². The smallest absolute Gasteiger partial charge is 0.225 e. The van der Waals surface area contributed by atoms with E-state index in [9.17, 15) is 4.79 Å². The van der Waals surface area contributed by atoms with Crippen LogP contribution in [0, 0.1) is 0 Å². The Morgan fingerprint density at radius 2 is 2.12 bits per heavy atom. The van der Waals surface area contributed by atoms with Crippen LogP contribution in [-0.4, -0.2) is 42.6 Å². The number of aromatic nitrogens is 2. The minimum absolute atomic E-state index is 0.116. The van der Waals surface area contributed by atoms with Crippen molar-refractivity contribution in [2.75, 3.05) is 31.2 Å². The van der Waals surface area contributed by atoms with E-state index in [2.05, 4.69) is 14.9 Å². The molecule has 5 nitrogen and oxygen atoms in total. The molecule has 2 heterocycles. The van der Waals surface area contributed by atoms with Crippen molar-refractivity contribution >= 4 is 23.7 Å². The van der Waals surface area contributed by atoms with E-state index in [1.54, 1.807) is 0 Å². The van der Waals surface area contributed by atoms with Gasteiger partial charge in [-0.25, -0.2) is 9.97 Å². The van der Waals surface area contributed by atoms with Crippen molar-refractivity contribution in [2.45, 2.75) is 13.3 Å². The zero-order valence-corrected chi connectivity index (χ0v) is 10.4. The van der Waals surface area contributed by atoms with Gasteiger partial charge in [0.2, 0.25) is 5.28 Å². The summed E-state index contributed by atoms with van der Waals surface area (Å²) in [4.78, 5) is 21.3. The molecule has 1 aliphatic rings. The molecule has 1 aliphatic heterocycles. The van der Waals surface area contributed by atoms with E-state index in [0.29, 0.717) is 25.3 Å². The van der Waals surface area contributed by atoms with Gasteiger partial charge in [-0.15, -0.1) is 0 Å². The fourth-order valence-corrected chi connectivity index (χ4v) is 2.11. The lowest BCUT2D eigenvalue weighted by molar-refractivity contribution is 0.111. The maximum Gasteiger partial charge on any atom is 0.225 e. The van der Waals surface area contributed by atoms with E-state index in [4.69, 9.17) is 16.3 Å². The number of anilines is 1. The number of carbonyl (C=O) groups is 1. The minimum atomic E-state index is 0.116. The number of hydrogen-bond acceptors (Lipinski definition) is 5. The third-order valence-electron chi connectivity index (χ3n) is 2.77. The summed E-state index contributed by atoms with van der Waals surface area (Å²) >= 11 is 5.84. The minimum Gasteiger partial charge on any atom is -0.378 e. The quantitative estimate of drug-likeness (QED) is 0.603. The molecule has 0 amide bonds. The Hall–Kier alpha value is -1.20. The van der Waals surface area contributed by atoms with Crippen LogP contribution in [0.25, 0.3) is 0 Å². The second-order valence-corrected chi connectivity index (χ2v) is 4.09. The second-order valence-electron chi connectivity index (χ2n) is 3.75. The molecule has 1 aromatic heterocycles. The Morgan fingerprint density at radius 3 is 2.71 bits per heavy atom. The third kappa shape index (κ3) is 2.56. The molecule has 1 saturated heterocycles. The number of halogens is 1. The lowest BCUT2D eigenvalue weighted by atomic mass is 10.1. The zero-order valence-electron chi connectivity index (χ0n) is 9.65. The van der Waals surface area contributed by atoms with Gasteiger partial charge in [0, 0.05) is 18.7 Å². The predicted octanol–water partition coefficient (Wildman–Crippen LogP) is 1.34. The summed E-state index contributed by atoms with van der Waals surface area (Å²) in [6.07, 6.45) is 1.44. The fourth-order valence-electron chi connectivity index (χ4n) is 1.93. The summed E-state index contributed by atoms with van der Waals surface area (Å²) in [5, 5.41) is 0.116. The van der Waals surface area contributed by atoms with E-state index in [0.717, 1.165) is 30.8 Å². The normalized spacial score (nSPS) is 16.0. The molecule has 1 aromatic rings. The molecule has 0 N–H and O–H groups in total. The lowest BCUT2D eigenvalue weighted by Gasteiger charge is -2.29. The summed E-state index contributed by atoms with van der Waals surface area (Å²) in [5.41, 5.74) is 1.24. The van der Waals surface area contributed by atoms with Crippen molar-refractivity contribution in [1.29, 1.82) is 0 Å². The Kier molecular flexibility index (Phi) is 3.91. The molecule has 0 saturated carbocycles. The van der Waals surface area contributed by atoms with Gasteiger partial charge in [0.15, 0.2) is 6.29 Å². The molecule has 2 rings (SSSR count). The maximum atomic E-state index is 11.0. The Balaban J connectivity index is 2.42. The Labute approximate surface area is 105 Å². The van der Waals surface area contributed by atoms with Crippen molar-refractivity contribution < 1.29 is 9.53 Å². The van der Waals surface area contributed by atoms with Crippen LogP contribution in [0.5, 0.6) is 0 Å². The predicted molar refractivity (Wildman–Crippen MR) is 64.8 cm³/mol. The van der Waals surface area contributed by atoms with Crippen LogP contribution < -0.4 is 4.90 Å². The first-order valence-corrected chi connectivity index (χ1v) is 5.98. The molecule has 0 bridgehead atoms. The SMILES string of the molecule is CCc1c(C=O)nc(Cl)nc1N1CCOCC1. The van der Waals surface area contributed by atoms with Gasteiger partial charge >= 0.3 is 0 Å². The van der Waals surface area contributed by atoms with Gasteiger partial charge in [-0.1, -0.05) is 6.92 Å². The Morgan fingerprint density at radius 1 is 1.41 bits per heavy atom. The largest absolute Gasteiger partial charge is 0.378 e. The molecular weight excluding hydrogens is 242 g/mol. The molecule has 6 heteroatoms. The van der Waals surface area contributed by atoms with Crippen molar-refractivity contribution in [3.05, 3.63) is 16.5 Å². The van der Waals surface area contributed by atoms with E-state index < -0.39 is 0 Å². The van der Waals surface area contributed by atoms with Crippen LogP contribution in [0.3, 0.4) is 0 Å². The van der Waals surface area contributed by atoms with Crippen molar-refractivity contribution in [3.63, 3.8) is 0 Å². The molecule has 0 atom stereocenters. The summed E-state index contributed by atoms with van der Waals surface area (Å²) < 4.78 is 5.29. The highest BCUT2D eigenvalue weighted by molar-refractivity contribution is 6.28. The average Bonchev–Trinajstić information content (AvgIpc) is 2.38. The molecule has 17 heavy (non-hydrogen) atoms. The number of morpholine rings is 1. The summed E-state index contributed by atoms with van der Waals surface area (Å²) in [7, 11) is 0. The van der Waals surface area contributed by atoms with Crippen molar-refractivity contribution in [1.82, 2.24) is 9.97 Å². The second kappa shape index (κ2) is 5.42. The monoisotopic (exact) mass is 255 g/mol. The van der Waals surface area contributed by atoms with Crippen molar-refractivity contribution in [2.24, 2.45) is 0 Å². The Bertz CT molecular complexity index is 419. The highest BCUT2D eigenvalue weighted by Gasteiger charge is 2.19. The maximum absolute atomic E-state index is 11.0. The summed E-state index contributed by atoms with van der Waals surface area (Å²) in [5.74, 6) is 0.762. The lowest BCUT2D eigenvalue weighted by Crippen LogP contribution is -2.37. The van der Waals surface area contributed by atoms with Crippen LogP contribution >= 0.6 is 11.6 Å². The zero-order chi connectivity index (χ0) is 12.3. The highest BCUT2D eigenvalue weighted by Crippen LogP contribution is 2.23. The third-order valence-corrected chi connectivity index (χ3v) is 2.93. The first-order chi connectivity index (χ1) is 8.26. The van der Waals surface area contributed by atoms with E-state index in [-0.39, 0.29) is 5.28 Å². The molecule has 0 aromatic carbocycles. The van der Waals surface area contributed by atoms with Gasteiger partial charge in [0.05, 0.1) is 13.2 Å². The number of nitrogens with zero attached hydrogens (tertiary/aromatic N) is 3. The summed E-state index contributed by atoms with van der Waals surface area (Å²) in [6.45, 7) is 4.84. The van der Waals surface area contributed by atoms with Crippen LogP contribution in [-0.2, 0) is 11.2 Å². The standard InChI is InChI=1S/C11H14ClN3O2/c1-2-8-9(7-16)13-11(12)14-10(8)15-3-5-17-6-4-15/h7H,2-6H2,1H3. The average molecular weight is 256 g/mol. The molecule has 0 aliphatic carbocycles. The van der Waals surface area contributed by atoms with Crippen LogP contribution in [0.1, 0.15) is 23.0 Å². The summed E-state index contributed by atoms with van der Waals surface area (Å²) in [6, 6.07) is 0. The number of carbonyl (C=O) groups excluding carboxylic acids is 1. The molecular formula is C11H14ClN3O2. The number of aldehydes is 1. The van der Waals surface area contributed by atoms with Crippen LogP contribution in [0.2, 0.25) is 5.28 Å². The van der Waals surface area contributed by atoms with Gasteiger partial charge < -0.3 is 9.64 Å². The van der Waals surface area contributed by atoms with Gasteiger partial charge in [-0.3, -0.25) is 4.79 Å². The van der Waals surface area contributed by atoms with E-state index >= 15 is 0 Å².